The van der Waals surface area contributed by atoms with Crippen molar-refractivity contribution in [3.05, 3.63) is 71.3 Å². The van der Waals surface area contributed by atoms with Gasteiger partial charge in [0.1, 0.15) is 0 Å². The molecule has 3 heteroatoms. The van der Waals surface area contributed by atoms with Crippen LogP contribution in [0.25, 0.3) is 6.08 Å². The Morgan fingerprint density at radius 3 is 2.78 bits per heavy atom. The Morgan fingerprint density at radius 1 is 1.12 bits per heavy atom. The number of carbonyl (C=O) groups excluding carboxylic acids is 1. The van der Waals surface area contributed by atoms with E-state index in [1.807, 2.05) is 41.3 Å². The molecule has 2 aromatic rings. The fraction of sp³-hybridized carbons (Fsp3) is 0.483. The zero-order valence-corrected chi connectivity index (χ0v) is 19.5. The highest BCUT2D eigenvalue weighted by Crippen LogP contribution is 2.55. The molecule has 2 bridgehead atoms. The van der Waals surface area contributed by atoms with Gasteiger partial charge < -0.3 is 10.2 Å². The van der Waals surface area contributed by atoms with Crippen LogP contribution in [0, 0.1) is 11.8 Å². The molecule has 32 heavy (non-hydrogen) atoms. The first-order valence-electron chi connectivity index (χ1n) is 12.5. The van der Waals surface area contributed by atoms with Gasteiger partial charge in [0.05, 0.1) is 0 Å². The van der Waals surface area contributed by atoms with Gasteiger partial charge in [0, 0.05) is 29.8 Å². The van der Waals surface area contributed by atoms with E-state index in [4.69, 9.17) is 0 Å². The Hall–Kier alpha value is -2.39. The van der Waals surface area contributed by atoms with E-state index in [2.05, 4.69) is 37.4 Å². The monoisotopic (exact) mass is 428 g/mol. The van der Waals surface area contributed by atoms with E-state index in [-0.39, 0.29) is 5.91 Å². The summed E-state index contributed by atoms with van der Waals surface area (Å²) in [5.41, 5.74) is 5.47. The number of hydrogen-bond acceptors (Lipinski definition) is 2. The number of carbonyl (C=O) groups is 1. The largest absolute Gasteiger partial charge is 0.313 e. The summed E-state index contributed by atoms with van der Waals surface area (Å²) >= 11 is 0. The van der Waals surface area contributed by atoms with Crippen LogP contribution < -0.4 is 10.2 Å². The molecule has 0 unspecified atom stereocenters. The van der Waals surface area contributed by atoms with Crippen molar-refractivity contribution in [1.29, 1.82) is 0 Å². The highest BCUT2D eigenvalue weighted by atomic mass is 16.2. The van der Waals surface area contributed by atoms with Crippen molar-refractivity contribution >= 4 is 17.7 Å². The number of nitrogens with zero attached hydrogens (tertiary/aromatic N) is 1. The molecule has 3 atom stereocenters. The average Bonchev–Trinajstić information content (AvgIpc) is 2.81. The highest BCUT2D eigenvalue weighted by molar-refractivity contribution is 6.04. The van der Waals surface area contributed by atoms with Crippen LogP contribution in [0.2, 0.25) is 0 Å². The van der Waals surface area contributed by atoms with Crippen molar-refractivity contribution in [2.75, 3.05) is 18.0 Å². The zero-order valence-electron chi connectivity index (χ0n) is 19.5. The van der Waals surface area contributed by atoms with Gasteiger partial charge in [0.25, 0.3) is 5.91 Å². The molecule has 0 aromatic heterocycles. The van der Waals surface area contributed by atoms with Crippen LogP contribution in [0.1, 0.15) is 62.6 Å². The van der Waals surface area contributed by atoms with E-state index in [1.165, 1.54) is 37.7 Å². The van der Waals surface area contributed by atoms with Crippen molar-refractivity contribution in [2.45, 2.75) is 63.8 Å². The van der Waals surface area contributed by atoms with Crippen LogP contribution in [0.5, 0.6) is 0 Å². The minimum atomic E-state index is 0.0809. The summed E-state index contributed by atoms with van der Waals surface area (Å²) in [6.07, 6.45) is 11.3. The minimum Gasteiger partial charge on any atom is -0.313 e. The number of fused-ring (bicyclic) bond motifs is 1. The van der Waals surface area contributed by atoms with Gasteiger partial charge in [0.15, 0.2) is 0 Å². The highest BCUT2D eigenvalue weighted by Gasteiger charge is 2.52. The Labute approximate surface area is 192 Å². The Bertz CT molecular complexity index is 991. The van der Waals surface area contributed by atoms with Crippen LogP contribution in [0.4, 0.5) is 5.69 Å². The average molecular weight is 429 g/mol. The molecular weight excluding hydrogens is 392 g/mol. The van der Waals surface area contributed by atoms with Gasteiger partial charge in [-0.25, -0.2) is 0 Å². The molecule has 2 aliphatic carbocycles. The second-order valence-electron chi connectivity index (χ2n) is 10.4. The number of hydrogen-bond donors (Lipinski definition) is 1. The third kappa shape index (κ3) is 3.81. The quantitative estimate of drug-likeness (QED) is 0.616. The van der Waals surface area contributed by atoms with Crippen LogP contribution in [-0.2, 0) is 16.6 Å². The molecule has 1 amide bonds. The van der Waals surface area contributed by atoms with E-state index in [0.717, 1.165) is 36.7 Å². The van der Waals surface area contributed by atoms with E-state index in [1.54, 1.807) is 11.6 Å². The third-order valence-corrected chi connectivity index (χ3v) is 8.00. The molecule has 1 N–H and O–H groups in total. The van der Waals surface area contributed by atoms with Crippen LogP contribution in [0.15, 0.2) is 54.6 Å². The first-order valence-corrected chi connectivity index (χ1v) is 12.5. The maximum Gasteiger partial charge on any atom is 0.251 e. The molecule has 0 radical (unpaired) electrons. The SMILES string of the molecule is CC(C)CN(C(=O)C=Cc1ccccc1)c1cccc2c1C[C@H]1NCC[C@@]23CCCC[C@@H]13. The first-order chi connectivity index (χ1) is 15.6. The lowest BCUT2D eigenvalue weighted by molar-refractivity contribution is -0.114. The second kappa shape index (κ2) is 8.86. The fourth-order valence-electron chi connectivity index (χ4n) is 6.69. The number of piperidine rings is 1. The van der Waals surface area contributed by atoms with E-state index >= 15 is 0 Å². The number of anilines is 1. The predicted octanol–water partition coefficient (Wildman–Crippen LogP) is 5.74. The molecule has 168 valence electrons. The molecule has 1 heterocycles. The van der Waals surface area contributed by atoms with E-state index in [0.29, 0.717) is 17.4 Å². The van der Waals surface area contributed by atoms with Crippen LogP contribution >= 0.6 is 0 Å². The number of nitrogens with one attached hydrogen (secondary N) is 1. The number of amides is 1. The first kappa shape index (κ1) is 21.5. The summed E-state index contributed by atoms with van der Waals surface area (Å²) in [6.45, 7) is 6.26. The molecule has 5 rings (SSSR count). The van der Waals surface area contributed by atoms with Gasteiger partial charge in [-0.3, -0.25) is 4.79 Å². The predicted molar refractivity (Wildman–Crippen MR) is 133 cm³/mol. The standard InChI is InChI=1S/C29H36N2O/c1-21(2)20-31(28(32)15-14-22-9-4-3-5-10-22)27-13-8-12-24-23(27)19-26-25-11-6-7-16-29(24,25)17-18-30-26/h3-5,8-10,12-15,21,25-26,30H,6-7,11,16-20H2,1-2H3/t25-,26+,29-/m0/s1. The van der Waals surface area contributed by atoms with E-state index < -0.39 is 0 Å². The van der Waals surface area contributed by atoms with Crippen LogP contribution in [0.3, 0.4) is 0 Å². The molecule has 3 nitrogen and oxygen atoms in total. The Morgan fingerprint density at radius 2 is 1.97 bits per heavy atom. The number of benzene rings is 2. The summed E-state index contributed by atoms with van der Waals surface area (Å²) in [5, 5.41) is 3.85. The van der Waals surface area contributed by atoms with E-state index in [9.17, 15) is 4.79 Å². The summed E-state index contributed by atoms with van der Waals surface area (Å²) in [7, 11) is 0. The van der Waals surface area contributed by atoms with Crippen molar-refractivity contribution in [3.8, 4) is 0 Å². The Balaban J connectivity index is 1.54. The zero-order chi connectivity index (χ0) is 22.1. The molecule has 1 saturated heterocycles. The molecule has 1 saturated carbocycles. The van der Waals surface area contributed by atoms with Gasteiger partial charge >= 0.3 is 0 Å². The maximum atomic E-state index is 13.5. The fourth-order valence-corrected chi connectivity index (χ4v) is 6.69. The van der Waals surface area contributed by atoms with Crippen molar-refractivity contribution in [2.24, 2.45) is 11.8 Å². The lowest BCUT2D eigenvalue weighted by Gasteiger charge is -2.56. The molecule has 2 fully saturated rings. The van der Waals surface area contributed by atoms with Crippen molar-refractivity contribution in [3.63, 3.8) is 0 Å². The van der Waals surface area contributed by atoms with Gasteiger partial charge in [0.2, 0.25) is 0 Å². The van der Waals surface area contributed by atoms with Gasteiger partial charge in [-0.15, -0.1) is 0 Å². The minimum absolute atomic E-state index is 0.0809. The lowest BCUT2D eigenvalue weighted by atomic mass is 9.52. The van der Waals surface area contributed by atoms with Gasteiger partial charge in [-0.05, 0) is 72.9 Å². The summed E-state index contributed by atoms with van der Waals surface area (Å²) < 4.78 is 0. The van der Waals surface area contributed by atoms with Crippen molar-refractivity contribution in [1.82, 2.24) is 5.32 Å². The lowest BCUT2D eigenvalue weighted by Crippen LogP contribution is -2.59. The maximum absolute atomic E-state index is 13.5. The van der Waals surface area contributed by atoms with Gasteiger partial charge in [-0.1, -0.05) is 69.2 Å². The van der Waals surface area contributed by atoms with Crippen LogP contribution in [-0.4, -0.2) is 25.0 Å². The third-order valence-electron chi connectivity index (χ3n) is 8.00. The molecular formula is C29H36N2O. The van der Waals surface area contributed by atoms with Gasteiger partial charge in [-0.2, -0.15) is 0 Å². The summed E-state index contributed by atoms with van der Waals surface area (Å²) in [4.78, 5) is 15.5. The molecule has 2 aromatic carbocycles. The van der Waals surface area contributed by atoms with Crippen molar-refractivity contribution < 1.29 is 4.79 Å². The Kier molecular flexibility index (Phi) is 5.94. The smallest absolute Gasteiger partial charge is 0.251 e. The summed E-state index contributed by atoms with van der Waals surface area (Å²) in [5.74, 6) is 1.24. The second-order valence-corrected chi connectivity index (χ2v) is 10.4. The number of rotatable bonds is 5. The molecule has 1 aliphatic heterocycles. The molecule has 0 spiro atoms. The molecule has 3 aliphatic rings. The topological polar surface area (TPSA) is 32.3 Å². The normalized spacial score (nSPS) is 26.6. The summed E-state index contributed by atoms with van der Waals surface area (Å²) in [6, 6.07) is 17.4.